The van der Waals surface area contributed by atoms with Crippen molar-refractivity contribution in [2.45, 2.75) is 13.0 Å². The highest BCUT2D eigenvalue weighted by Crippen LogP contribution is 2.29. The van der Waals surface area contributed by atoms with Crippen molar-refractivity contribution >= 4 is 34.9 Å². The zero-order valence-electron chi connectivity index (χ0n) is 16.3. The maximum absolute atomic E-state index is 12.9. The number of rotatable bonds is 4. The number of halogens is 2. The molecule has 1 aliphatic rings. The summed E-state index contributed by atoms with van der Waals surface area (Å²) in [4.78, 5) is 25.5. The van der Waals surface area contributed by atoms with Gasteiger partial charge in [-0.1, -0.05) is 47.5 Å². The van der Waals surface area contributed by atoms with E-state index in [-0.39, 0.29) is 11.9 Å². The highest BCUT2D eigenvalue weighted by atomic mass is 35.5. The second kappa shape index (κ2) is 8.90. The van der Waals surface area contributed by atoms with Crippen LogP contribution in [0.25, 0.3) is 0 Å². The number of para-hydroxylation sites is 1. The van der Waals surface area contributed by atoms with Crippen molar-refractivity contribution in [1.82, 2.24) is 14.9 Å². The summed E-state index contributed by atoms with van der Waals surface area (Å²) in [7, 11) is 0. The molecular weight excluding hydrogens is 423 g/mol. The summed E-state index contributed by atoms with van der Waals surface area (Å²) < 4.78 is 5.81. The van der Waals surface area contributed by atoms with Crippen LogP contribution in [0.4, 0.5) is 5.82 Å². The Kier molecular flexibility index (Phi) is 6.06. The summed E-state index contributed by atoms with van der Waals surface area (Å²) in [6.07, 6.45) is 1.47. The molecule has 6 nitrogen and oxygen atoms in total. The topological polar surface area (TPSA) is 58.6 Å². The molecule has 0 spiro atoms. The number of aromatic nitrogens is 2. The van der Waals surface area contributed by atoms with Gasteiger partial charge in [-0.25, -0.2) is 9.97 Å². The van der Waals surface area contributed by atoms with Crippen LogP contribution < -0.4 is 9.64 Å². The fraction of sp³-hybridized carbons (Fsp3) is 0.227. The summed E-state index contributed by atoms with van der Waals surface area (Å²) in [5.41, 5.74) is 0.525. The number of piperazine rings is 1. The predicted octanol–water partition coefficient (Wildman–Crippen LogP) is 4.93. The summed E-state index contributed by atoms with van der Waals surface area (Å²) in [5, 5.41) is 0.979. The quantitative estimate of drug-likeness (QED) is 0.573. The average molecular weight is 443 g/mol. The molecular formula is C22H20Cl2N4O2. The van der Waals surface area contributed by atoms with Crippen LogP contribution in [-0.4, -0.2) is 46.5 Å². The van der Waals surface area contributed by atoms with E-state index in [0.29, 0.717) is 46.9 Å². The van der Waals surface area contributed by atoms with Crippen molar-refractivity contribution in [2.24, 2.45) is 0 Å². The summed E-state index contributed by atoms with van der Waals surface area (Å²) in [6.45, 7) is 3.86. The van der Waals surface area contributed by atoms with E-state index in [0.717, 1.165) is 5.82 Å². The van der Waals surface area contributed by atoms with Crippen molar-refractivity contribution in [3.8, 4) is 11.6 Å². The minimum absolute atomic E-state index is 0.00887. The van der Waals surface area contributed by atoms with E-state index in [1.807, 2.05) is 36.1 Å². The first-order valence-corrected chi connectivity index (χ1v) is 10.3. The third-order valence-corrected chi connectivity index (χ3v) is 5.64. The van der Waals surface area contributed by atoms with Gasteiger partial charge in [0.2, 0.25) is 5.88 Å². The van der Waals surface area contributed by atoms with E-state index in [4.69, 9.17) is 27.9 Å². The number of hydrogen-bond acceptors (Lipinski definition) is 5. The Morgan fingerprint density at radius 2 is 1.77 bits per heavy atom. The van der Waals surface area contributed by atoms with Crippen LogP contribution in [0.15, 0.2) is 60.9 Å². The molecule has 0 N–H and O–H groups in total. The highest BCUT2D eigenvalue weighted by Gasteiger charge is 2.29. The molecule has 0 radical (unpaired) electrons. The molecule has 154 valence electrons. The molecule has 0 unspecified atom stereocenters. The zero-order valence-corrected chi connectivity index (χ0v) is 17.8. The number of anilines is 1. The first-order valence-electron chi connectivity index (χ1n) is 9.58. The standard InChI is InChI=1S/C22H20Cl2N4O2/c1-15-13-27(10-11-28(15)22(29)16-6-2-3-7-17(16)23)20-12-21(26-14-25-20)30-19-9-5-4-8-18(19)24/h2-9,12,14-15H,10-11,13H2,1H3/t15-/m1/s1. The Balaban J connectivity index is 1.46. The summed E-state index contributed by atoms with van der Waals surface area (Å²) >= 11 is 12.4. The van der Waals surface area contributed by atoms with E-state index in [1.54, 1.807) is 30.3 Å². The van der Waals surface area contributed by atoms with Crippen LogP contribution in [0, 0.1) is 0 Å². The minimum atomic E-state index is -0.0572. The van der Waals surface area contributed by atoms with Gasteiger partial charge in [-0.2, -0.15) is 0 Å². The third kappa shape index (κ3) is 4.35. The molecule has 4 rings (SSSR count). The molecule has 30 heavy (non-hydrogen) atoms. The second-order valence-corrected chi connectivity index (χ2v) is 7.83. The SMILES string of the molecule is C[C@@H]1CN(c2cc(Oc3ccccc3Cl)ncn2)CCN1C(=O)c1ccccc1Cl. The maximum Gasteiger partial charge on any atom is 0.255 e. The van der Waals surface area contributed by atoms with Crippen molar-refractivity contribution in [2.75, 3.05) is 24.5 Å². The third-order valence-electron chi connectivity index (χ3n) is 5.00. The fourth-order valence-electron chi connectivity index (χ4n) is 3.46. The lowest BCUT2D eigenvalue weighted by Crippen LogP contribution is -2.54. The van der Waals surface area contributed by atoms with Gasteiger partial charge in [0, 0.05) is 31.7 Å². The van der Waals surface area contributed by atoms with Crippen molar-refractivity contribution < 1.29 is 9.53 Å². The van der Waals surface area contributed by atoms with Gasteiger partial charge in [0.25, 0.3) is 5.91 Å². The van der Waals surface area contributed by atoms with Gasteiger partial charge in [-0.05, 0) is 31.2 Å². The van der Waals surface area contributed by atoms with Gasteiger partial charge in [-0.15, -0.1) is 0 Å². The van der Waals surface area contributed by atoms with E-state index >= 15 is 0 Å². The molecule has 8 heteroatoms. The normalized spacial score (nSPS) is 16.4. The number of benzene rings is 2. The van der Waals surface area contributed by atoms with E-state index in [1.165, 1.54) is 6.33 Å². The van der Waals surface area contributed by atoms with Crippen molar-refractivity contribution in [3.05, 3.63) is 76.5 Å². The van der Waals surface area contributed by atoms with Crippen LogP contribution in [0.2, 0.25) is 10.0 Å². The van der Waals surface area contributed by atoms with Gasteiger partial charge in [0.1, 0.15) is 17.9 Å². The van der Waals surface area contributed by atoms with Crippen LogP contribution in [0.1, 0.15) is 17.3 Å². The Labute approximate surface area is 185 Å². The average Bonchev–Trinajstić information content (AvgIpc) is 2.75. The minimum Gasteiger partial charge on any atom is -0.437 e. The Bertz CT molecular complexity index is 1060. The molecule has 1 atom stereocenters. The lowest BCUT2D eigenvalue weighted by atomic mass is 10.1. The molecule has 0 aliphatic carbocycles. The fourth-order valence-corrected chi connectivity index (χ4v) is 3.85. The Hall–Kier alpha value is -2.83. The van der Waals surface area contributed by atoms with E-state index in [9.17, 15) is 4.79 Å². The summed E-state index contributed by atoms with van der Waals surface area (Å²) in [6, 6.07) is 16.1. The lowest BCUT2D eigenvalue weighted by Gasteiger charge is -2.40. The highest BCUT2D eigenvalue weighted by molar-refractivity contribution is 6.33. The van der Waals surface area contributed by atoms with E-state index in [2.05, 4.69) is 14.9 Å². The lowest BCUT2D eigenvalue weighted by molar-refractivity contribution is 0.0674. The first-order chi connectivity index (χ1) is 14.5. The number of hydrogen-bond donors (Lipinski definition) is 0. The number of carbonyl (C=O) groups excluding carboxylic acids is 1. The monoisotopic (exact) mass is 442 g/mol. The van der Waals surface area contributed by atoms with Gasteiger partial charge in [-0.3, -0.25) is 4.79 Å². The first kappa shape index (κ1) is 20.4. The molecule has 1 saturated heterocycles. The van der Waals surface area contributed by atoms with Gasteiger partial charge >= 0.3 is 0 Å². The molecule has 1 aromatic heterocycles. The number of amides is 1. The molecule has 0 bridgehead atoms. The van der Waals surface area contributed by atoms with Crippen LogP contribution in [-0.2, 0) is 0 Å². The molecule has 1 amide bonds. The predicted molar refractivity (Wildman–Crippen MR) is 118 cm³/mol. The van der Waals surface area contributed by atoms with Crippen molar-refractivity contribution in [1.29, 1.82) is 0 Å². The number of nitrogens with zero attached hydrogens (tertiary/aromatic N) is 4. The number of carbonyl (C=O) groups is 1. The Morgan fingerprint density at radius 3 is 2.50 bits per heavy atom. The molecule has 0 saturated carbocycles. The van der Waals surface area contributed by atoms with E-state index < -0.39 is 0 Å². The van der Waals surface area contributed by atoms with Crippen LogP contribution >= 0.6 is 23.2 Å². The largest absolute Gasteiger partial charge is 0.437 e. The molecule has 1 fully saturated rings. The Morgan fingerprint density at radius 1 is 1.03 bits per heavy atom. The van der Waals surface area contributed by atoms with Gasteiger partial charge < -0.3 is 14.5 Å². The van der Waals surface area contributed by atoms with Gasteiger partial charge in [0.05, 0.1) is 15.6 Å². The molecule has 2 aromatic carbocycles. The van der Waals surface area contributed by atoms with Crippen molar-refractivity contribution in [3.63, 3.8) is 0 Å². The van der Waals surface area contributed by atoms with Gasteiger partial charge in [0.15, 0.2) is 0 Å². The maximum atomic E-state index is 12.9. The molecule has 2 heterocycles. The smallest absolute Gasteiger partial charge is 0.255 e. The molecule has 1 aliphatic heterocycles. The van der Waals surface area contributed by atoms with Crippen LogP contribution in [0.3, 0.4) is 0 Å². The summed E-state index contributed by atoms with van der Waals surface area (Å²) in [5.74, 6) is 1.63. The van der Waals surface area contributed by atoms with Crippen LogP contribution in [0.5, 0.6) is 11.6 Å². The molecule has 3 aromatic rings. The number of ether oxygens (including phenoxy) is 1. The zero-order chi connectivity index (χ0) is 21.1. The second-order valence-electron chi connectivity index (χ2n) is 7.02.